The summed E-state index contributed by atoms with van der Waals surface area (Å²) in [7, 11) is 0. The van der Waals surface area contributed by atoms with Gasteiger partial charge in [-0.3, -0.25) is 4.98 Å². The van der Waals surface area contributed by atoms with E-state index in [1.54, 1.807) is 12.4 Å². The van der Waals surface area contributed by atoms with Crippen LogP contribution in [0.15, 0.2) is 18.5 Å². The first-order valence-electron chi connectivity index (χ1n) is 5.39. The zero-order chi connectivity index (χ0) is 11.1. The minimum atomic E-state index is 0.312. The van der Waals surface area contributed by atoms with Crippen molar-refractivity contribution in [3.05, 3.63) is 24.0 Å². The van der Waals surface area contributed by atoms with Crippen molar-refractivity contribution in [2.45, 2.75) is 33.3 Å². The molecule has 0 aliphatic heterocycles. The molecule has 84 valence electrons. The number of ether oxygens (including phenoxy) is 2. The van der Waals surface area contributed by atoms with Crippen LogP contribution in [-0.4, -0.2) is 24.3 Å². The highest BCUT2D eigenvalue weighted by molar-refractivity contribution is 5.28. The van der Waals surface area contributed by atoms with Gasteiger partial charge < -0.3 is 9.47 Å². The Balaban J connectivity index is 2.23. The predicted molar refractivity (Wildman–Crippen MR) is 60.2 cm³/mol. The number of pyridine rings is 1. The van der Waals surface area contributed by atoms with Gasteiger partial charge in [0.1, 0.15) is 12.4 Å². The predicted octanol–water partition coefficient (Wildman–Crippen LogP) is 2.58. The molecule has 0 N–H and O–H groups in total. The second kappa shape index (κ2) is 6.40. The van der Waals surface area contributed by atoms with Crippen molar-refractivity contribution in [3.63, 3.8) is 0 Å². The number of hydrogen-bond donors (Lipinski definition) is 0. The van der Waals surface area contributed by atoms with E-state index in [2.05, 4.69) is 18.8 Å². The maximum atomic E-state index is 5.57. The molecule has 0 amide bonds. The summed E-state index contributed by atoms with van der Waals surface area (Å²) in [5.74, 6) is 0.887. The van der Waals surface area contributed by atoms with Crippen molar-refractivity contribution >= 4 is 0 Å². The van der Waals surface area contributed by atoms with E-state index in [0.29, 0.717) is 19.3 Å². The fourth-order valence-electron chi connectivity index (χ4n) is 1.14. The lowest BCUT2D eigenvalue weighted by molar-refractivity contribution is 0.0425. The third kappa shape index (κ3) is 4.30. The van der Waals surface area contributed by atoms with Gasteiger partial charge in [0.2, 0.25) is 0 Å². The summed E-state index contributed by atoms with van der Waals surface area (Å²) in [4.78, 5) is 4.00. The van der Waals surface area contributed by atoms with Crippen molar-refractivity contribution < 1.29 is 9.47 Å². The number of rotatable bonds is 6. The van der Waals surface area contributed by atoms with Crippen LogP contribution in [0.4, 0.5) is 0 Å². The minimum Gasteiger partial charge on any atom is -0.491 e. The first-order chi connectivity index (χ1) is 7.24. The van der Waals surface area contributed by atoms with E-state index in [-0.39, 0.29) is 0 Å². The highest BCUT2D eigenvalue weighted by Crippen LogP contribution is 2.14. The second-order valence-corrected chi connectivity index (χ2v) is 3.58. The average Bonchev–Trinajstić information content (AvgIpc) is 2.26. The van der Waals surface area contributed by atoms with Crippen LogP contribution in [0.5, 0.6) is 5.75 Å². The summed E-state index contributed by atoms with van der Waals surface area (Å²) in [6.07, 6.45) is 4.88. The molecule has 15 heavy (non-hydrogen) atoms. The third-order valence-electron chi connectivity index (χ3n) is 2.29. The maximum Gasteiger partial charge on any atom is 0.125 e. The van der Waals surface area contributed by atoms with Gasteiger partial charge in [-0.25, -0.2) is 0 Å². The molecular formula is C12H19NO2. The van der Waals surface area contributed by atoms with Gasteiger partial charge >= 0.3 is 0 Å². The molecular weight excluding hydrogens is 190 g/mol. The molecule has 0 aliphatic rings. The van der Waals surface area contributed by atoms with Crippen molar-refractivity contribution in [3.8, 4) is 5.75 Å². The first kappa shape index (κ1) is 12.0. The summed E-state index contributed by atoms with van der Waals surface area (Å²) >= 11 is 0. The van der Waals surface area contributed by atoms with E-state index in [1.165, 1.54) is 0 Å². The zero-order valence-corrected chi connectivity index (χ0v) is 9.69. The van der Waals surface area contributed by atoms with E-state index in [0.717, 1.165) is 17.7 Å². The van der Waals surface area contributed by atoms with Crippen LogP contribution in [0.25, 0.3) is 0 Å². The van der Waals surface area contributed by atoms with Crippen LogP contribution in [0.2, 0.25) is 0 Å². The molecule has 3 nitrogen and oxygen atoms in total. The van der Waals surface area contributed by atoms with Crippen LogP contribution in [0.3, 0.4) is 0 Å². The summed E-state index contributed by atoms with van der Waals surface area (Å²) in [5, 5.41) is 0. The van der Waals surface area contributed by atoms with Crippen molar-refractivity contribution in [2.75, 3.05) is 13.2 Å². The molecule has 0 radical (unpaired) electrons. The molecule has 0 aliphatic carbocycles. The van der Waals surface area contributed by atoms with Crippen molar-refractivity contribution in [2.24, 2.45) is 0 Å². The van der Waals surface area contributed by atoms with Gasteiger partial charge in [-0.05, 0) is 26.3 Å². The van der Waals surface area contributed by atoms with Crippen LogP contribution >= 0.6 is 0 Å². The number of hydrogen-bond acceptors (Lipinski definition) is 3. The standard InChI is InChI=1S/C12H19NO2/c1-4-11(3)14-7-8-15-12-5-6-13-9-10(12)2/h5-6,9,11H,4,7-8H2,1-3H3. The van der Waals surface area contributed by atoms with Gasteiger partial charge in [-0.15, -0.1) is 0 Å². The van der Waals surface area contributed by atoms with Crippen molar-refractivity contribution in [1.82, 2.24) is 4.98 Å². The molecule has 0 spiro atoms. The molecule has 1 aromatic heterocycles. The van der Waals surface area contributed by atoms with Crippen LogP contribution < -0.4 is 4.74 Å². The van der Waals surface area contributed by atoms with Gasteiger partial charge in [-0.2, -0.15) is 0 Å². The van der Waals surface area contributed by atoms with E-state index < -0.39 is 0 Å². The highest BCUT2D eigenvalue weighted by atomic mass is 16.5. The molecule has 0 fully saturated rings. The fraction of sp³-hybridized carbons (Fsp3) is 0.583. The SMILES string of the molecule is CCC(C)OCCOc1ccncc1C. The Hall–Kier alpha value is -1.09. The quantitative estimate of drug-likeness (QED) is 0.675. The lowest BCUT2D eigenvalue weighted by atomic mass is 10.3. The summed E-state index contributed by atoms with van der Waals surface area (Å²) < 4.78 is 11.1. The van der Waals surface area contributed by atoms with Crippen LogP contribution in [0, 0.1) is 6.92 Å². The summed E-state index contributed by atoms with van der Waals surface area (Å²) in [6, 6.07) is 1.87. The van der Waals surface area contributed by atoms with E-state index in [4.69, 9.17) is 9.47 Å². The Morgan fingerprint density at radius 1 is 1.40 bits per heavy atom. The molecule has 0 aromatic carbocycles. The summed E-state index contributed by atoms with van der Waals surface area (Å²) in [6.45, 7) is 7.39. The molecule has 1 unspecified atom stereocenters. The lowest BCUT2D eigenvalue weighted by Crippen LogP contribution is -2.13. The monoisotopic (exact) mass is 209 g/mol. The molecule has 0 bridgehead atoms. The lowest BCUT2D eigenvalue weighted by Gasteiger charge is -2.12. The van der Waals surface area contributed by atoms with Crippen LogP contribution in [-0.2, 0) is 4.74 Å². The molecule has 0 saturated heterocycles. The van der Waals surface area contributed by atoms with E-state index >= 15 is 0 Å². The van der Waals surface area contributed by atoms with Gasteiger partial charge in [0.05, 0.1) is 12.7 Å². The Kier molecular flexibility index (Phi) is 5.12. The van der Waals surface area contributed by atoms with Crippen molar-refractivity contribution in [1.29, 1.82) is 0 Å². The highest BCUT2D eigenvalue weighted by Gasteiger charge is 2.00. The zero-order valence-electron chi connectivity index (χ0n) is 9.69. The second-order valence-electron chi connectivity index (χ2n) is 3.58. The minimum absolute atomic E-state index is 0.312. The number of aromatic nitrogens is 1. The smallest absolute Gasteiger partial charge is 0.125 e. The molecule has 1 rings (SSSR count). The summed E-state index contributed by atoms with van der Waals surface area (Å²) in [5.41, 5.74) is 1.06. The number of aryl methyl sites for hydroxylation is 1. The normalized spacial score (nSPS) is 12.5. The third-order valence-corrected chi connectivity index (χ3v) is 2.29. The Bertz CT molecular complexity index is 289. The first-order valence-corrected chi connectivity index (χ1v) is 5.39. The van der Waals surface area contributed by atoms with E-state index in [9.17, 15) is 0 Å². The Morgan fingerprint density at radius 3 is 2.87 bits per heavy atom. The average molecular weight is 209 g/mol. The largest absolute Gasteiger partial charge is 0.491 e. The Morgan fingerprint density at radius 2 is 2.20 bits per heavy atom. The molecule has 1 atom stereocenters. The number of nitrogens with zero attached hydrogens (tertiary/aromatic N) is 1. The van der Waals surface area contributed by atoms with E-state index in [1.807, 2.05) is 13.0 Å². The molecule has 0 saturated carbocycles. The maximum absolute atomic E-state index is 5.57. The van der Waals surface area contributed by atoms with Gasteiger partial charge in [0.15, 0.2) is 0 Å². The topological polar surface area (TPSA) is 31.4 Å². The molecule has 3 heteroatoms. The molecule has 1 aromatic rings. The molecule has 1 heterocycles. The van der Waals surface area contributed by atoms with Gasteiger partial charge in [0, 0.05) is 18.0 Å². The van der Waals surface area contributed by atoms with Gasteiger partial charge in [-0.1, -0.05) is 6.92 Å². The van der Waals surface area contributed by atoms with Crippen LogP contribution in [0.1, 0.15) is 25.8 Å². The fourth-order valence-corrected chi connectivity index (χ4v) is 1.14. The van der Waals surface area contributed by atoms with Gasteiger partial charge in [0.25, 0.3) is 0 Å². The Labute approximate surface area is 91.4 Å².